The fourth-order valence-electron chi connectivity index (χ4n) is 2.83. The van der Waals surface area contributed by atoms with Crippen molar-refractivity contribution < 1.29 is 13.7 Å². The highest BCUT2D eigenvalue weighted by Gasteiger charge is 2.20. The number of rotatable bonds is 4. The van der Waals surface area contributed by atoms with Gasteiger partial charge in [-0.25, -0.2) is 13.2 Å². The quantitative estimate of drug-likeness (QED) is 0.727. The first-order valence-corrected chi connectivity index (χ1v) is 8.90. The van der Waals surface area contributed by atoms with Crippen molar-refractivity contribution in [2.24, 2.45) is 0 Å². The standard InChI is InChI=1S/C17H19N3O3S/c1-10-9-18-15(11(2)16(10)23-4)17-19-13-8-12(22-3)6-7-14(13)20(17)24(5)21/h6-9H,1-5H3. The minimum Gasteiger partial charge on any atom is -0.497 e. The number of imidazole rings is 1. The van der Waals surface area contributed by atoms with Gasteiger partial charge in [-0.05, 0) is 26.0 Å². The molecule has 24 heavy (non-hydrogen) atoms. The Morgan fingerprint density at radius 2 is 1.92 bits per heavy atom. The van der Waals surface area contributed by atoms with Crippen LogP contribution in [0.25, 0.3) is 22.6 Å². The third-order valence-electron chi connectivity index (χ3n) is 3.93. The molecular weight excluding hydrogens is 326 g/mol. The topological polar surface area (TPSA) is 66.2 Å². The maximum absolute atomic E-state index is 12.3. The molecule has 1 atom stereocenters. The molecule has 0 fully saturated rings. The lowest BCUT2D eigenvalue weighted by Gasteiger charge is -2.12. The van der Waals surface area contributed by atoms with Gasteiger partial charge in [0.25, 0.3) is 0 Å². The Balaban J connectivity index is 2.34. The van der Waals surface area contributed by atoms with Gasteiger partial charge < -0.3 is 9.47 Å². The summed E-state index contributed by atoms with van der Waals surface area (Å²) < 4.78 is 24.8. The average molecular weight is 345 g/mol. The second kappa shape index (κ2) is 6.24. The minimum atomic E-state index is -1.28. The number of methoxy groups -OCH3 is 2. The fraction of sp³-hybridized carbons (Fsp3) is 0.294. The molecule has 0 amide bonds. The molecule has 2 aromatic heterocycles. The van der Waals surface area contributed by atoms with Gasteiger partial charge in [-0.3, -0.25) is 4.98 Å². The third kappa shape index (κ3) is 2.54. The first kappa shape index (κ1) is 16.4. The fourth-order valence-corrected chi connectivity index (χ4v) is 3.64. The SMILES string of the molecule is COc1ccc2c(c1)nc(-c1ncc(C)c(OC)c1C)n2S(C)=O. The van der Waals surface area contributed by atoms with E-state index in [2.05, 4.69) is 9.97 Å². The van der Waals surface area contributed by atoms with Crippen LogP contribution in [-0.2, 0) is 11.0 Å². The molecule has 0 N–H and O–H groups in total. The first-order valence-electron chi connectivity index (χ1n) is 7.39. The summed E-state index contributed by atoms with van der Waals surface area (Å²) in [5, 5.41) is 0. The Morgan fingerprint density at radius 3 is 2.54 bits per heavy atom. The molecule has 3 rings (SSSR count). The molecule has 0 aliphatic heterocycles. The molecule has 0 saturated heterocycles. The van der Waals surface area contributed by atoms with E-state index >= 15 is 0 Å². The van der Waals surface area contributed by atoms with Crippen molar-refractivity contribution in [3.05, 3.63) is 35.5 Å². The molecule has 1 unspecified atom stereocenters. The van der Waals surface area contributed by atoms with Crippen LogP contribution >= 0.6 is 0 Å². The Bertz CT molecular complexity index is 950. The zero-order chi connectivity index (χ0) is 17.4. The van der Waals surface area contributed by atoms with Crippen molar-refractivity contribution in [2.45, 2.75) is 13.8 Å². The van der Waals surface area contributed by atoms with Crippen LogP contribution in [0, 0.1) is 13.8 Å². The molecule has 1 aromatic carbocycles. The smallest absolute Gasteiger partial charge is 0.172 e. The number of aryl methyl sites for hydroxylation is 1. The van der Waals surface area contributed by atoms with Crippen LogP contribution < -0.4 is 9.47 Å². The molecule has 0 spiro atoms. The Hall–Kier alpha value is -2.41. The zero-order valence-electron chi connectivity index (χ0n) is 14.3. The van der Waals surface area contributed by atoms with E-state index in [1.807, 2.05) is 32.0 Å². The van der Waals surface area contributed by atoms with E-state index in [0.29, 0.717) is 22.8 Å². The van der Waals surface area contributed by atoms with Crippen LogP contribution in [0.4, 0.5) is 0 Å². The van der Waals surface area contributed by atoms with Gasteiger partial charge in [0, 0.05) is 29.6 Å². The summed E-state index contributed by atoms with van der Waals surface area (Å²) in [6, 6.07) is 5.50. The van der Waals surface area contributed by atoms with Crippen molar-refractivity contribution in [1.82, 2.24) is 13.9 Å². The Labute approximate surface area is 143 Å². The van der Waals surface area contributed by atoms with E-state index in [-0.39, 0.29) is 0 Å². The van der Waals surface area contributed by atoms with E-state index in [1.54, 1.807) is 30.6 Å². The number of hydrogen-bond donors (Lipinski definition) is 0. The van der Waals surface area contributed by atoms with Gasteiger partial charge in [0.1, 0.15) is 28.2 Å². The van der Waals surface area contributed by atoms with Crippen LogP contribution in [0.1, 0.15) is 11.1 Å². The zero-order valence-corrected chi connectivity index (χ0v) is 15.1. The van der Waals surface area contributed by atoms with Gasteiger partial charge in [-0.15, -0.1) is 0 Å². The summed E-state index contributed by atoms with van der Waals surface area (Å²) in [4.78, 5) is 9.16. The number of pyridine rings is 1. The predicted molar refractivity (Wildman–Crippen MR) is 95.0 cm³/mol. The Morgan fingerprint density at radius 1 is 1.17 bits per heavy atom. The van der Waals surface area contributed by atoms with Crippen LogP contribution in [0.15, 0.2) is 24.4 Å². The number of aromatic nitrogens is 3. The molecule has 0 bridgehead atoms. The third-order valence-corrected chi connectivity index (χ3v) is 4.82. The van der Waals surface area contributed by atoms with E-state index in [9.17, 15) is 4.21 Å². The average Bonchev–Trinajstić information content (AvgIpc) is 2.93. The highest BCUT2D eigenvalue weighted by molar-refractivity contribution is 7.83. The van der Waals surface area contributed by atoms with Gasteiger partial charge in [-0.1, -0.05) is 0 Å². The van der Waals surface area contributed by atoms with E-state index in [0.717, 1.165) is 22.4 Å². The number of ether oxygens (including phenoxy) is 2. The van der Waals surface area contributed by atoms with Crippen LogP contribution in [0.3, 0.4) is 0 Å². The van der Waals surface area contributed by atoms with Crippen molar-refractivity contribution in [2.75, 3.05) is 20.5 Å². The number of nitrogens with zero attached hydrogens (tertiary/aromatic N) is 3. The summed E-state index contributed by atoms with van der Waals surface area (Å²) in [5.74, 6) is 2.01. The normalized spacial score (nSPS) is 12.4. The Kier molecular flexibility index (Phi) is 4.28. The van der Waals surface area contributed by atoms with E-state index in [1.165, 1.54) is 0 Å². The summed E-state index contributed by atoms with van der Waals surface area (Å²) in [6.45, 7) is 3.87. The molecule has 0 radical (unpaired) electrons. The van der Waals surface area contributed by atoms with Crippen molar-refractivity contribution in [3.63, 3.8) is 0 Å². The van der Waals surface area contributed by atoms with Gasteiger partial charge >= 0.3 is 0 Å². The second-order valence-electron chi connectivity index (χ2n) is 5.46. The monoisotopic (exact) mass is 345 g/mol. The lowest BCUT2D eigenvalue weighted by molar-refractivity contribution is 0.408. The maximum Gasteiger partial charge on any atom is 0.172 e. The van der Waals surface area contributed by atoms with Gasteiger partial charge in [0.05, 0.1) is 25.3 Å². The van der Waals surface area contributed by atoms with Crippen LogP contribution in [-0.4, -0.2) is 38.6 Å². The van der Waals surface area contributed by atoms with E-state index < -0.39 is 11.0 Å². The van der Waals surface area contributed by atoms with Gasteiger partial charge in [0.15, 0.2) is 5.82 Å². The largest absolute Gasteiger partial charge is 0.497 e. The number of fused-ring (bicyclic) bond motifs is 1. The highest BCUT2D eigenvalue weighted by atomic mass is 32.2. The molecule has 6 nitrogen and oxygen atoms in total. The lowest BCUT2D eigenvalue weighted by Crippen LogP contribution is -2.06. The lowest BCUT2D eigenvalue weighted by atomic mass is 10.1. The summed E-state index contributed by atoms with van der Waals surface area (Å²) in [7, 11) is 1.95. The molecule has 7 heteroatoms. The number of hydrogen-bond acceptors (Lipinski definition) is 5. The van der Waals surface area contributed by atoms with Crippen molar-refractivity contribution in [3.8, 4) is 23.0 Å². The molecular formula is C17H19N3O3S. The molecule has 0 aliphatic rings. The van der Waals surface area contributed by atoms with Crippen LogP contribution in [0.2, 0.25) is 0 Å². The van der Waals surface area contributed by atoms with Crippen molar-refractivity contribution in [1.29, 1.82) is 0 Å². The minimum absolute atomic E-state index is 0.551. The van der Waals surface area contributed by atoms with Crippen molar-refractivity contribution >= 4 is 22.0 Å². The second-order valence-corrected chi connectivity index (χ2v) is 6.67. The molecule has 3 aromatic rings. The molecule has 0 saturated carbocycles. The van der Waals surface area contributed by atoms with E-state index in [4.69, 9.17) is 9.47 Å². The molecule has 0 aliphatic carbocycles. The van der Waals surface area contributed by atoms with Gasteiger partial charge in [-0.2, -0.15) is 0 Å². The number of benzene rings is 1. The maximum atomic E-state index is 12.3. The van der Waals surface area contributed by atoms with Gasteiger partial charge in [0.2, 0.25) is 0 Å². The highest BCUT2D eigenvalue weighted by Crippen LogP contribution is 2.33. The summed E-state index contributed by atoms with van der Waals surface area (Å²) in [6.07, 6.45) is 3.36. The molecule has 2 heterocycles. The first-order chi connectivity index (χ1) is 11.5. The van der Waals surface area contributed by atoms with Crippen LogP contribution in [0.5, 0.6) is 11.5 Å². The molecule has 126 valence electrons. The summed E-state index contributed by atoms with van der Waals surface area (Å²) in [5.41, 5.74) is 3.95. The summed E-state index contributed by atoms with van der Waals surface area (Å²) >= 11 is 0. The predicted octanol–water partition coefficient (Wildman–Crippen LogP) is 2.87.